The molecule has 7 heteroatoms. The van der Waals surface area contributed by atoms with Crippen LogP contribution in [0.3, 0.4) is 0 Å². The summed E-state index contributed by atoms with van der Waals surface area (Å²) in [4.78, 5) is 11.2. The van der Waals surface area contributed by atoms with E-state index in [9.17, 15) is 23.1 Å². The average molecular weight is 353 g/mol. The fourth-order valence-electron chi connectivity index (χ4n) is 1.94. The van der Waals surface area contributed by atoms with Gasteiger partial charge >= 0.3 is 6.18 Å². The van der Waals surface area contributed by atoms with Crippen LogP contribution in [-0.2, 0) is 6.42 Å². The van der Waals surface area contributed by atoms with E-state index >= 15 is 0 Å². The standard InChI is InChI=1S/C13H12BrF3O3/c1-11(2)12(14,19)6-8-5-7(3-4-9(8)20-11)10(18)13(15,16)17/h3-5,19H,6H2,1-2H3/t12-/m1/s1. The Bertz CT molecular complexity index is 564. The van der Waals surface area contributed by atoms with Crippen molar-refractivity contribution in [3.8, 4) is 5.75 Å². The number of aliphatic hydroxyl groups is 1. The number of halogens is 4. The van der Waals surface area contributed by atoms with Crippen LogP contribution in [0.5, 0.6) is 5.75 Å². The van der Waals surface area contributed by atoms with Gasteiger partial charge < -0.3 is 9.84 Å². The highest BCUT2D eigenvalue weighted by molar-refractivity contribution is 9.10. The lowest BCUT2D eigenvalue weighted by atomic mass is 9.90. The van der Waals surface area contributed by atoms with Crippen molar-refractivity contribution in [2.24, 2.45) is 0 Å². The Labute approximate surface area is 121 Å². The maximum Gasteiger partial charge on any atom is 0.454 e. The fraction of sp³-hybridized carbons (Fsp3) is 0.462. The van der Waals surface area contributed by atoms with Gasteiger partial charge in [0.05, 0.1) is 0 Å². The average Bonchev–Trinajstić information content (AvgIpc) is 2.27. The van der Waals surface area contributed by atoms with Crippen molar-refractivity contribution in [1.82, 2.24) is 0 Å². The van der Waals surface area contributed by atoms with Crippen LogP contribution in [0.25, 0.3) is 0 Å². The summed E-state index contributed by atoms with van der Waals surface area (Å²) in [7, 11) is 0. The van der Waals surface area contributed by atoms with Gasteiger partial charge in [-0.05, 0) is 53.5 Å². The normalized spacial score (nSPS) is 24.8. The second-order valence-corrected chi connectivity index (χ2v) is 6.51. The second kappa shape index (κ2) is 4.46. The molecule has 1 N–H and O–H groups in total. The van der Waals surface area contributed by atoms with Gasteiger partial charge in [-0.1, -0.05) is 0 Å². The summed E-state index contributed by atoms with van der Waals surface area (Å²) in [6.45, 7) is 3.30. The molecule has 0 bridgehead atoms. The molecule has 3 nitrogen and oxygen atoms in total. The summed E-state index contributed by atoms with van der Waals surface area (Å²) >= 11 is 3.11. The van der Waals surface area contributed by atoms with Crippen LogP contribution in [0, 0.1) is 0 Å². The number of carbonyl (C=O) groups is 1. The summed E-state index contributed by atoms with van der Waals surface area (Å²) in [6, 6.07) is 3.49. The zero-order valence-corrected chi connectivity index (χ0v) is 12.3. The highest BCUT2D eigenvalue weighted by atomic mass is 79.9. The Kier molecular flexibility index (Phi) is 3.41. The number of rotatable bonds is 1. The Balaban J connectivity index is 2.42. The maximum absolute atomic E-state index is 12.4. The van der Waals surface area contributed by atoms with E-state index in [4.69, 9.17) is 4.74 Å². The van der Waals surface area contributed by atoms with Gasteiger partial charge in [0.1, 0.15) is 11.4 Å². The van der Waals surface area contributed by atoms with Crippen LogP contribution in [0.15, 0.2) is 18.2 Å². The number of fused-ring (bicyclic) bond motifs is 1. The third-order valence-corrected chi connectivity index (χ3v) is 4.53. The van der Waals surface area contributed by atoms with E-state index in [0.717, 1.165) is 12.1 Å². The van der Waals surface area contributed by atoms with Crippen molar-refractivity contribution >= 4 is 21.7 Å². The van der Waals surface area contributed by atoms with E-state index in [2.05, 4.69) is 15.9 Å². The summed E-state index contributed by atoms with van der Waals surface area (Å²) in [6.07, 6.45) is -4.89. The topological polar surface area (TPSA) is 46.5 Å². The molecule has 0 aromatic heterocycles. The Morgan fingerprint density at radius 2 is 2.00 bits per heavy atom. The molecule has 20 heavy (non-hydrogen) atoms. The molecule has 0 radical (unpaired) electrons. The van der Waals surface area contributed by atoms with Crippen LogP contribution >= 0.6 is 15.9 Å². The molecular weight excluding hydrogens is 341 g/mol. The van der Waals surface area contributed by atoms with Gasteiger partial charge in [-0.15, -0.1) is 0 Å². The number of ether oxygens (including phenoxy) is 1. The molecule has 0 aliphatic carbocycles. The number of benzene rings is 1. The largest absolute Gasteiger partial charge is 0.484 e. The van der Waals surface area contributed by atoms with Crippen molar-refractivity contribution in [3.63, 3.8) is 0 Å². The maximum atomic E-state index is 12.4. The Morgan fingerprint density at radius 1 is 1.40 bits per heavy atom. The first-order chi connectivity index (χ1) is 8.94. The second-order valence-electron chi connectivity index (χ2n) is 5.20. The van der Waals surface area contributed by atoms with E-state index in [-0.39, 0.29) is 6.42 Å². The summed E-state index contributed by atoms with van der Waals surface area (Å²) in [5.41, 5.74) is -1.07. The number of carbonyl (C=O) groups excluding carboxylic acids is 1. The van der Waals surface area contributed by atoms with Crippen LogP contribution in [0.2, 0.25) is 0 Å². The number of Topliss-reactive ketones (excluding diaryl/α,β-unsaturated/α-hetero) is 1. The quantitative estimate of drug-likeness (QED) is 0.623. The molecule has 0 unspecified atom stereocenters. The van der Waals surface area contributed by atoms with E-state index in [1.165, 1.54) is 6.07 Å². The minimum absolute atomic E-state index is 0.0360. The van der Waals surface area contributed by atoms with Gasteiger partial charge in [0.2, 0.25) is 0 Å². The number of ketones is 1. The summed E-state index contributed by atoms with van der Waals surface area (Å²) in [5, 5.41) is 10.2. The molecule has 1 aromatic rings. The molecule has 110 valence electrons. The molecule has 1 aliphatic heterocycles. The van der Waals surface area contributed by atoms with Crippen LogP contribution < -0.4 is 4.74 Å². The Morgan fingerprint density at radius 3 is 2.55 bits per heavy atom. The van der Waals surface area contributed by atoms with Gasteiger partial charge in [-0.3, -0.25) is 4.79 Å². The van der Waals surface area contributed by atoms with E-state index in [1.807, 2.05) is 0 Å². The van der Waals surface area contributed by atoms with Gasteiger partial charge in [0.15, 0.2) is 4.51 Å². The van der Waals surface area contributed by atoms with Gasteiger partial charge in [-0.2, -0.15) is 13.2 Å². The molecule has 0 amide bonds. The molecule has 1 atom stereocenters. The first kappa shape index (κ1) is 15.3. The fourth-order valence-corrected chi connectivity index (χ4v) is 2.32. The summed E-state index contributed by atoms with van der Waals surface area (Å²) in [5.74, 6) is -1.55. The minimum atomic E-state index is -4.92. The van der Waals surface area contributed by atoms with Crippen LogP contribution in [-0.4, -0.2) is 27.2 Å². The molecule has 1 aromatic carbocycles. The molecular formula is C13H12BrF3O3. The molecule has 0 fully saturated rings. The first-order valence-electron chi connectivity index (χ1n) is 5.79. The number of alkyl halides is 4. The van der Waals surface area contributed by atoms with Crippen molar-refractivity contribution in [3.05, 3.63) is 29.3 Å². The monoisotopic (exact) mass is 352 g/mol. The predicted octanol–water partition coefficient (Wildman–Crippen LogP) is 3.23. The summed E-state index contributed by atoms with van der Waals surface area (Å²) < 4.78 is 41.3. The minimum Gasteiger partial charge on any atom is -0.484 e. The highest BCUT2D eigenvalue weighted by Crippen LogP contribution is 2.43. The van der Waals surface area contributed by atoms with E-state index < -0.39 is 27.6 Å². The zero-order valence-electron chi connectivity index (χ0n) is 10.7. The third kappa shape index (κ3) is 2.56. The van der Waals surface area contributed by atoms with Gasteiger partial charge in [0.25, 0.3) is 5.78 Å². The van der Waals surface area contributed by atoms with Crippen LogP contribution in [0.1, 0.15) is 29.8 Å². The lowest BCUT2D eigenvalue weighted by Crippen LogP contribution is -2.53. The number of hydrogen-bond acceptors (Lipinski definition) is 3. The third-order valence-electron chi connectivity index (χ3n) is 3.29. The lowest BCUT2D eigenvalue weighted by molar-refractivity contribution is -0.0885. The molecule has 0 spiro atoms. The SMILES string of the molecule is CC1(C)Oc2ccc(C(=O)C(F)(F)F)cc2C[C@]1(O)Br. The lowest BCUT2D eigenvalue weighted by Gasteiger charge is -2.43. The molecule has 1 aliphatic rings. The molecule has 0 saturated heterocycles. The number of hydrogen-bond donors (Lipinski definition) is 1. The van der Waals surface area contributed by atoms with E-state index in [1.54, 1.807) is 13.8 Å². The molecule has 0 saturated carbocycles. The van der Waals surface area contributed by atoms with Crippen LogP contribution in [0.4, 0.5) is 13.2 Å². The van der Waals surface area contributed by atoms with Crippen molar-refractivity contribution in [2.75, 3.05) is 0 Å². The Hall–Kier alpha value is -1.08. The van der Waals surface area contributed by atoms with Crippen molar-refractivity contribution < 1.29 is 27.8 Å². The zero-order chi connectivity index (χ0) is 15.3. The van der Waals surface area contributed by atoms with Crippen molar-refractivity contribution in [1.29, 1.82) is 0 Å². The molecule has 1 heterocycles. The smallest absolute Gasteiger partial charge is 0.454 e. The van der Waals surface area contributed by atoms with Crippen molar-refractivity contribution in [2.45, 2.75) is 36.6 Å². The predicted molar refractivity (Wildman–Crippen MR) is 69.1 cm³/mol. The highest BCUT2D eigenvalue weighted by Gasteiger charge is 2.48. The molecule has 2 rings (SSSR count). The van der Waals surface area contributed by atoms with Gasteiger partial charge in [0, 0.05) is 12.0 Å². The van der Waals surface area contributed by atoms with Gasteiger partial charge in [-0.25, -0.2) is 0 Å². The first-order valence-corrected chi connectivity index (χ1v) is 6.58. The van der Waals surface area contributed by atoms with E-state index in [0.29, 0.717) is 11.3 Å².